The molecule has 3 nitrogen and oxygen atoms in total. The van der Waals surface area contributed by atoms with E-state index in [-0.39, 0.29) is 16.7 Å². The molecule has 0 bridgehead atoms. The summed E-state index contributed by atoms with van der Waals surface area (Å²) in [6, 6.07) is 3.97. The number of hydrogen-bond donors (Lipinski definition) is 3. The summed E-state index contributed by atoms with van der Waals surface area (Å²) < 4.78 is -1.12. The number of rotatable bonds is 9. The molecule has 4 heteroatoms. The summed E-state index contributed by atoms with van der Waals surface area (Å²) in [5.74, 6) is -0.532. The number of phenolic OH excluding ortho intramolecular Hbond substituents is 1. The first-order valence-electron chi connectivity index (χ1n) is 11.0. The number of hydrogen-bond acceptors (Lipinski definition) is 3. The van der Waals surface area contributed by atoms with Gasteiger partial charge < -0.3 is 10.2 Å². The predicted molar refractivity (Wildman–Crippen MR) is 126 cm³/mol. The van der Waals surface area contributed by atoms with Gasteiger partial charge in [0.1, 0.15) is 10.5 Å². The second-order valence-corrected chi connectivity index (χ2v) is 11.3. The summed E-state index contributed by atoms with van der Waals surface area (Å²) in [7, 11) is 0. The van der Waals surface area contributed by atoms with Gasteiger partial charge in [-0.25, -0.2) is 0 Å². The molecule has 1 rings (SSSR count). The molecule has 166 valence electrons. The van der Waals surface area contributed by atoms with Crippen molar-refractivity contribution in [1.29, 1.82) is 0 Å². The minimum absolute atomic E-state index is 0.000130. The van der Waals surface area contributed by atoms with Crippen molar-refractivity contribution in [2.75, 3.05) is 0 Å². The lowest BCUT2D eigenvalue weighted by Gasteiger charge is -2.34. The molecule has 29 heavy (non-hydrogen) atoms. The Hall–Kier alpha value is -1.16. The van der Waals surface area contributed by atoms with E-state index in [1.165, 1.54) is 0 Å². The third-order valence-electron chi connectivity index (χ3n) is 5.95. The summed E-state index contributed by atoms with van der Waals surface area (Å²) in [5.41, 5.74) is 2.17. The molecule has 0 saturated carbocycles. The molecule has 1 aromatic rings. The maximum absolute atomic E-state index is 12.4. The Morgan fingerprint density at radius 2 is 1.48 bits per heavy atom. The van der Waals surface area contributed by atoms with Gasteiger partial charge in [-0.3, -0.25) is 4.79 Å². The van der Waals surface area contributed by atoms with Gasteiger partial charge in [-0.05, 0) is 46.3 Å². The normalized spacial score (nSPS) is 15.8. The van der Waals surface area contributed by atoms with Crippen LogP contribution in [0.4, 0.5) is 0 Å². The largest absolute Gasteiger partial charge is 0.507 e. The Morgan fingerprint density at radius 1 is 1.00 bits per heavy atom. The molecule has 0 aliphatic heterocycles. The number of carboxylic acid groups (broad SMARTS) is 1. The van der Waals surface area contributed by atoms with Crippen LogP contribution in [-0.4, -0.2) is 20.9 Å². The second-order valence-electron chi connectivity index (χ2n) is 10.5. The van der Waals surface area contributed by atoms with Gasteiger partial charge in [0, 0.05) is 0 Å². The molecular weight excluding hydrogens is 380 g/mol. The van der Waals surface area contributed by atoms with Crippen LogP contribution in [0.25, 0.3) is 0 Å². The van der Waals surface area contributed by atoms with E-state index < -0.39 is 10.7 Å². The van der Waals surface area contributed by atoms with Gasteiger partial charge in [-0.15, -0.1) is 0 Å². The van der Waals surface area contributed by atoms with E-state index in [4.69, 9.17) is 12.6 Å². The van der Waals surface area contributed by atoms with Crippen LogP contribution in [0.1, 0.15) is 104 Å². The predicted octanol–water partition coefficient (Wildman–Crippen LogP) is 6.89. The molecule has 2 atom stereocenters. The van der Waals surface area contributed by atoms with Crippen molar-refractivity contribution in [2.45, 2.75) is 109 Å². The van der Waals surface area contributed by atoms with E-state index in [1.54, 1.807) is 0 Å². The van der Waals surface area contributed by atoms with Gasteiger partial charge in [0.15, 0.2) is 0 Å². The minimum atomic E-state index is -1.12. The minimum Gasteiger partial charge on any atom is -0.507 e. The van der Waals surface area contributed by atoms with E-state index in [0.717, 1.165) is 48.8 Å². The average Bonchev–Trinajstić information content (AvgIpc) is 2.57. The summed E-state index contributed by atoms with van der Waals surface area (Å²) >= 11 is 4.78. The van der Waals surface area contributed by atoms with E-state index in [0.29, 0.717) is 12.2 Å². The SMILES string of the molecule is CCCCCC(CC)C(S)(Cc1cc(C(C)(C)C)c(O)c(C(C)(C)C)c1)C(=O)O. The summed E-state index contributed by atoms with van der Waals surface area (Å²) in [5, 5.41) is 21.1. The molecule has 0 aliphatic rings. The van der Waals surface area contributed by atoms with Crippen molar-refractivity contribution < 1.29 is 15.0 Å². The van der Waals surface area contributed by atoms with Gasteiger partial charge in [0.05, 0.1) is 0 Å². The molecule has 0 aliphatic carbocycles. The van der Waals surface area contributed by atoms with Gasteiger partial charge in [0.2, 0.25) is 0 Å². The second kappa shape index (κ2) is 9.76. The molecule has 1 aromatic carbocycles. The fraction of sp³-hybridized carbons (Fsp3) is 0.720. The number of phenols is 1. The van der Waals surface area contributed by atoms with Crippen molar-refractivity contribution in [3.8, 4) is 5.75 Å². The smallest absolute Gasteiger partial charge is 0.320 e. The molecule has 0 fully saturated rings. The third kappa shape index (κ3) is 6.41. The molecule has 2 unspecified atom stereocenters. The van der Waals surface area contributed by atoms with Crippen LogP contribution in [0.3, 0.4) is 0 Å². The fourth-order valence-corrected chi connectivity index (χ4v) is 4.56. The first-order chi connectivity index (χ1) is 13.2. The quantitative estimate of drug-likeness (QED) is 0.300. The van der Waals surface area contributed by atoms with Crippen molar-refractivity contribution in [1.82, 2.24) is 0 Å². The Morgan fingerprint density at radius 3 is 1.83 bits per heavy atom. The lowest BCUT2D eigenvalue weighted by Crippen LogP contribution is -2.43. The van der Waals surface area contributed by atoms with Gasteiger partial charge in [-0.2, -0.15) is 12.6 Å². The number of benzene rings is 1. The number of carbonyl (C=O) groups is 1. The summed E-state index contributed by atoms with van der Waals surface area (Å²) in [6.07, 6.45) is 5.27. The zero-order valence-electron chi connectivity index (χ0n) is 19.7. The van der Waals surface area contributed by atoms with Crippen molar-refractivity contribution in [2.24, 2.45) is 5.92 Å². The number of aliphatic carboxylic acids is 1. The lowest BCUT2D eigenvalue weighted by molar-refractivity contribution is -0.141. The highest BCUT2D eigenvalue weighted by atomic mass is 32.1. The number of unbranched alkanes of at least 4 members (excludes halogenated alkanes) is 2. The molecule has 2 N–H and O–H groups in total. The Kier molecular flexibility index (Phi) is 8.71. The number of thiol groups is 1. The number of carboxylic acids is 1. The zero-order chi connectivity index (χ0) is 22.6. The van der Waals surface area contributed by atoms with E-state index in [1.807, 2.05) is 12.1 Å². The van der Waals surface area contributed by atoms with Crippen LogP contribution in [0.2, 0.25) is 0 Å². The Bertz CT molecular complexity index is 662. The molecule has 0 saturated heterocycles. The topological polar surface area (TPSA) is 57.5 Å². The highest BCUT2D eigenvalue weighted by Gasteiger charge is 2.42. The van der Waals surface area contributed by atoms with Gasteiger partial charge >= 0.3 is 5.97 Å². The van der Waals surface area contributed by atoms with Crippen LogP contribution in [-0.2, 0) is 22.0 Å². The molecule has 0 amide bonds. The van der Waals surface area contributed by atoms with E-state index in [9.17, 15) is 15.0 Å². The standard InChI is InChI=1S/C25H42O3S/c1-9-11-12-13-18(10-2)25(29,22(27)28)16-17-14-19(23(3,4)5)21(26)20(15-17)24(6,7)8/h14-15,18,26,29H,9-13,16H2,1-8H3,(H,27,28). The highest BCUT2D eigenvalue weighted by molar-refractivity contribution is 7.82. The fourth-order valence-electron chi connectivity index (χ4n) is 4.07. The maximum atomic E-state index is 12.4. The van der Waals surface area contributed by atoms with E-state index >= 15 is 0 Å². The van der Waals surface area contributed by atoms with Crippen LogP contribution in [0.15, 0.2) is 12.1 Å². The first kappa shape index (κ1) is 25.9. The van der Waals surface area contributed by atoms with Crippen molar-refractivity contribution >= 4 is 18.6 Å². The molecule has 0 aromatic heterocycles. The van der Waals surface area contributed by atoms with Crippen LogP contribution in [0, 0.1) is 5.92 Å². The number of aromatic hydroxyl groups is 1. The van der Waals surface area contributed by atoms with Crippen LogP contribution >= 0.6 is 12.6 Å². The zero-order valence-corrected chi connectivity index (χ0v) is 20.6. The average molecular weight is 423 g/mol. The lowest BCUT2D eigenvalue weighted by atomic mass is 9.75. The molecular formula is C25H42O3S. The summed E-state index contributed by atoms with van der Waals surface area (Å²) in [6.45, 7) is 16.6. The van der Waals surface area contributed by atoms with Crippen LogP contribution in [0.5, 0.6) is 5.75 Å². The van der Waals surface area contributed by atoms with Crippen molar-refractivity contribution in [3.63, 3.8) is 0 Å². The highest BCUT2D eigenvalue weighted by Crippen LogP contribution is 2.42. The van der Waals surface area contributed by atoms with Gasteiger partial charge in [0.25, 0.3) is 0 Å². The molecule has 0 spiro atoms. The molecule has 0 heterocycles. The maximum Gasteiger partial charge on any atom is 0.320 e. The Balaban J connectivity index is 3.48. The van der Waals surface area contributed by atoms with Gasteiger partial charge in [-0.1, -0.05) is 93.2 Å². The Labute approximate surface area is 183 Å². The van der Waals surface area contributed by atoms with Crippen LogP contribution < -0.4 is 0 Å². The first-order valence-corrected chi connectivity index (χ1v) is 11.5. The van der Waals surface area contributed by atoms with E-state index in [2.05, 4.69) is 55.4 Å². The molecule has 0 radical (unpaired) electrons. The third-order valence-corrected chi connectivity index (χ3v) is 6.67. The summed E-state index contributed by atoms with van der Waals surface area (Å²) in [4.78, 5) is 12.4. The monoisotopic (exact) mass is 422 g/mol. The van der Waals surface area contributed by atoms with Crippen molar-refractivity contribution in [3.05, 3.63) is 28.8 Å².